The molecule has 4 rings (SSSR count). The summed E-state index contributed by atoms with van der Waals surface area (Å²) in [5.41, 5.74) is 1.000. The van der Waals surface area contributed by atoms with Crippen molar-refractivity contribution in [3.8, 4) is 0 Å². The molecule has 8 heteroatoms. The van der Waals surface area contributed by atoms with Crippen LogP contribution in [0.1, 0.15) is 58.9 Å². The first-order chi connectivity index (χ1) is 17.3. The Kier molecular flexibility index (Phi) is 8.35. The van der Waals surface area contributed by atoms with Crippen LogP contribution in [0, 0.1) is 17.8 Å². The minimum absolute atomic E-state index is 0.0147. The topological polar surface area (TPSA) is 98.7 Å². The number of thioether (sulfide) groups is 1. The second-order valence-electron chi connectivity index (χ2n) is 10.8. The quantitative estimate of drug-likeness (QED) is 0.421. The van der Waals surface area contributed by atoms with E-state index in [1.807, 2.05) is 44.2 Å². The number of hydrogen-bond acceptors (Lipinski definition) is 5. The maximum Gasteiger partial charge on any atom is 0.244 e. The van der Waals surface area contributed by atoms with Gasteiger partial charge < -0.3 is 20.6 Å². The van der Waals surface area contributed by atoms with Gasteiger partial charge in [-0.05, 0) is 44.1 Å². The molecule has 1 aromatic carbocycles. The molecule has 7 nitrogen and oxygen atoms in total. The molecule has 3 N–H and O–H groups in total. The van der Waals surface area contributed by atoms with Crippen molar-refractivity contribution in [3.05, 3.63) is 35.9 Å². The third-order valence-electron chi connectivity index (χ3n) is 8.31. The van der Waals surface area contributed by atoms with Gasteiger partial charge in [0.2, 0.25) is 17.7 Å². The van der Waals surface area contributed by atoms with E-state index < -0.39 is 28.7 Å². The zero-order chi connectivity index (χ0) is 26.0. The van der Waals surface area contributed by atoms with Crippen molar-refractivity contribution >= 4 is 29.5 Å². The van der Waals surface area contributed by atoms with Crippen LogP contribution in [0.15, 0.2) is 30.3 Å². The van der Waals surface area contributed by atoms with Crippen molar-refractivity contribution in [1.82, 2.24) is 15.5 Å². The summed E-state index contributed by atoms with van der Waals surface area (Å²) in [4.78, 5) is 43.2. The summed E-state index contributed by atoms with van der Waals surface area (Å²) in [6.07, 6.45) is 3.89. The van der Waals surface area contributed by atoms with E-state index in [4.69, 9.17) is 0 Å². The number of aliphatic hydroxyl groups excluding tert-OH is 1. The van der Waals surface area contributed by atoms with Gasteiger partial charge in [0.25, 0.3) is 0 Å². The van der Waals surface area contributed by atoms with E-state index in [-0.39, 0.29) is 41.5 Å². The highest BCUT2D eigenvalue weighted by atomic mass is 32.2. The third-order valence-corrected chi connectivity index (χ3v) is 10.4. The minimum atomic E-state index is -0.718. The largest absolute Gasteiger partial charge is 0.394 e. The van der Waals surface area contributed by atoms with Crippen molar-refractivity contribution in [1.29, 1.82) is 0 Å². The highest BCUT2D eigenvalue weighted by Gasteiger charge is 2.76. The lowest BCUT2D eigenvalue weighted by Crippen LogP contribution is -2.59. The van der Waals surface area contributed by atoms with Gasteiger partial charge in [0.05, 0.1) is 29.2 Å². The van der Waals surface area contributed by atoms with Gasteiger partial charge in [0.15, 0.2) is 0 Å². The molecule has 1 aromatic rings. The SMILES string of the molecule is CCCNC(=O)[C@@H]1[C@H]2C(=O)N([C@@H](CO)Cc3ccccc3)C(C(=O)NC(C)CCC)C23S[C@@H]1CC3C. The van der Waals surface area contributed by atoms with Crippen LogP contribution in [0.4, 0.5) is 0 Å². The number of likely N-dealkylation sites (tertiary alicyclic amines) is 1. The van der Waals surface area contributed by atoms with Gasteiger partial charge in [-0.1, -0.05) is 57.5 Å². The standard InChI is InChI=1S/C28H41N3O4S/c1-5-10-18(4)30-26(34)24-28-17(3)14-21(36-28)22(25(33)29-13-6-2)23(28)27(35)31(24)20(16-32)15-19-11-8-7-9-12-19/h7-9,11-12,17-18,20-24,32H,5-6,10,13-16H2,1-4H3,(H,29,33)(H,30,34)/t17?,18?,20-,21-,22+,23+,24?,28?/m1/s1. The molecule has 0 aliphatic carbocycles. The molecular formula is C28H41N3O4S. The van der Waals surface area contributed by atoms with Crippen LogP contribution in [-0.2, 0) is 20.8 Å². The Hall–Kier alpha value is -2.06. The summed E-state index contributed by atoms with van der Waals surface area (Å²) < 4.78 is -0.671. The van der Waals surface area contributed by atoms with Crippen LogP contribution in [0.5, 0.6) is 0 Å². The van der Waals surface area contributed by atoms with Crippen LogP contribution in [-0.4, -0.2) is 69.0 Å². The number of fused-ring (bicyclic) bond motifs is 1. The van der Waals surface area contributed by atoms with Gasteiger partial charge >= 0.3 is 0 Å². The van der Waals surface area contributed by atoms with E-state index >= 15 is 0 Å². The Balaban J connectivity index is 1.74. The first kappa shape index (κ1) is 27.0. The number of amides is 3. The first-order valence-corrected chi connectivity index (χ1v) is 14.4. The molecule has 3 saturated heterocycles. The Bertz CT molecular complexity index is 959. The van der Waals surface area contributed by atoms with Crippen molar-refractivity contribution in [2.45, 2.75) is 87.9 Å². The molecule has 3 fully saturated rings. The molecule has 198 valence electrons. The smallest absolute Gasteiger partial charge is 0.244 e. The number of carbonyl (C=O) groups is 3. The molecule has 4 unspecified atom stereocenters. The summed E-state index contributed by atoms with van der Waals surface area (Å²) in [6, 6.07) is 8.49. The Morgan fingerprint density at radius 2 is 1.92 bits per heavy atom. The van der Waals surface area contributed by atoms with Gasteiger partial charge in [-0.2, -0.15) is 0 Å². The van der Waals surface area contributed by atoms with Crippen LogP contribution in [0.25, 0.3) is 0 Å². The van der Waals surface area contributed by atoms with E-state index in [0.29, 0.717) is 13.0 Å². The van der Waals surface area contributed by atoms with Crippen molar-refractivity contribution in [2.24, 2.45) is 17.8 Å². The fraction of sp³-hybridized carbons (Fsp3) is 0.679. The first-order valence-electron chi connectivity index (χ1n) is 13.5. The fourth-order valence-electron chi connectivity index (χ4n) is 6.78. The van der Waals surface area contributed by atoms with Crippen molar-refractivity contribution in [2.75, 3.05) is 13.2 Å². The second-order valence-corrected chi connectivity index (χ2v) is 12.4. The lowest BCUT2D eigenvalue weighted by atomic mass is 9.66. The predicted molar refractivity (Wildman–Crippen MR) is 142 cm³/mol. The highest BCUT2D eigenvalue weighted by molar-refractivity contribution is 8.02. The second kappa shape index (κ2) is 11.1. The molecule has 2 bridgehead atoms. The van der Waals surface area contributed by atoms with E-state index in [2.05, 4.69) is 24.5 Å². The number of nitrogens with one attached hydrogen (secondary N) is 2. The highest BCUT2D eigenvalue weighted by Crippen LogP contribution is 2.68. The molecule has 0 aromatic heterocycles. The van der Waals surface area contributed by atoms with Gasteiger partial charge in [-0.25, -0.2) is 0 Å². The van der Waals surface area contributed by atoms with Gasteiger partial charge in [-0.3, -0.25) is 14.4 Å². The van der Waals surface area contributed by atoms with Crippen LogP contribution >= 0.6 is 11.8 Å². The fourth-order valence-corrected chi connectivity index (χ4v) is 9.19. The van der Waals surface area contributed by atoms with Crippen LogP contribution in [0.3, 0.4) is 0 Å². The predicted octanol–water partition coefficient (Wildman–Crippen LogP) is 2.76. The molecule has 36 heavy (non-hydrogen) atoms. The molecule has 3 aliphatic rings. The average Bonchev–Trinajstić information content (AvgIpc) is 3.45. The number of benzene rings is 1. The van der Waals surface area contributed by atoms with Gasteiger partial charge in [0.1, 0.15) is 6.04 Å². The van der Waals surface area contributed by atoms with Gasteiger partial charge in [0, 0.05) is 17.8 Å². The summed E-state index contributed by atoms with van der Waals surface area (Å²) >= 11 is 1.68. The maximum absolute atomic E-state index is 14.3. The Morgan fingerprint density at radius 1 is 1.19 bits per heavy atom. The molecule has 8 atom stereocenters. The summed E-state index contributed by atoms with van der Waals surface area (Å²) in [5.74, 6) is -1.30. The van der Waals surface area contributed by atoms with Crippen LogP contribution < -0.4 is 10.6 Å². The zero-order valence-electron chi connectivity index (χ0n) is 21.9. The zero-order valence-corrected chi connectivity index (χ0v) is 22.7. The number of nitrogens with zero attached hydrogens (tertiary/aromatic N) is 1. The van der Waals surface area contributed by atoms with Crippen molar-refractivity contribution < 1.29 is 19.5 Å². The third kappa shape index (κ3) is 4.55. The molecule has 3 amide bonds. The van der Waals surface area contributed by atoms with E-state index in [1.54, 1.807) is 16.7 Å². The molecule has 1 spiro atoms. The molecule has 0 radical (unpaired) electrons. The monoisotopic (exact) mass is 515 g/mol. The Labute approximate surface area is 219 Å². The summed E-state index contributed by atoms with van der Waals surface area (Å²) in [5, 5.41) is 16.7. The van der Waals surface area contributed by atoms with Gasteiger partial charge in [-0.15, -0.1) is 11.8 Å². The summed E-state index contributed by atoms with van der Waals surface area (Å²) in [6.45, 7) is 8.54. The number of carbonyl (C=O) groups excluding carboxylic acids is 3. The molecule has 0 saturated carbocycles. The number of rotatable bonds is 11. The summed E-state index contributed by atoms with van der Waals surface area (Å²) in [7, 11) is 0. The van der Waals surface area contributed by atoms with E-state index in [0.717, 1.165) is 31.2 Å². The molecular weight excluding hydrogens is 474 g/mol. The lowest BCUT2D eigenvalue weighted by molar-refractivity contribution is -0.142. The normalized spacial score (nSPS) is 32.3. The van der Waals surface area contributed by atoms with Crippen molar-refractivity contribution in [3.63, 3.8) is 0 Å². The van der Waals surface area contributed by atoms with Crippen LogP contribution in [0.2, 0.25) is 0 Å². The Morgan fingerprint density at radius 3 is 2.56 bits per heavy atom. The maximum atomic E-state index is 14.3. The lowest BCUT2D eigenvalue weighted by Gasteiger charge is -2.40. The molecule has 3 heterocycles. The number of hydrogen-bond donors (Lipinski definition) is 3. The van der Waals surface area contributed by atoms with E-state index in [9.17, 15) is 19.5 Å². The molecule has 3 aliphatic heterocycles. The van der Waals surface area contributed by atoms with E-state index in [1.165, 1.54) is 0 Å². The number of aliphatic hydroxyl groups is 1. The average molecular weight is 516 g/mol. The minimum Gasteiger partial charge on any atom is -0.394 e.